The first-order chi connectivity index (χ1) is 6.42. The third-order valence-corrected chi connectivity index (χ3v) is 4.21. The van der Waals surface area contributed by atoms with Crippen molar-refractivity contribution < 1.29 is 0 Å². The maximum absolute atomic E-state index is 4.21. The molecule has 0 bridgehead atoms. The zero-order valence-electron chi connectivity index (χ0n) is 9.17. The summed E-state index contributed by atoms with van der Waals surface area (Å²) in [5.74, 6) is 0. The van der Waals surface area contributed by atoms with Gasteiger partial charge in [0.25, 0.3) is 0 Å². The van der Waals surface area contributed by atoms with E-state index in [9.17, 15) is 0 Å². The fourth-order valence-corrected chi connectivity index (χ4v) is 2.67. The standard InChI is InChI=1S/C10H17BrN2S/c1-5-7(11)9-13-12-8(14-9)6-10(2,3)4/h7H,5-6H2,1-4H3. The quantitative estimate of drug-likeness (QED) is 0.781. The molecular weight excluding hydrogens is 260 g/mol. The molecule has 1 aromatic rings. The van der Waals surface area contributed by atoms with Crippen molar-refractivity contribution >= 4 is 27.3 Å². The Bertz CT molecular complexity index is 291. The van der Waals surface area contributed by atoms with E-state index in [0.717, 1.165) is 22.9 Å². The van der Waals surface area contributed by atoms with Crippen molar-refractivity contribution in [2.45, 2.75) is 45.4 Å². The van der Waals surface area contributed by atoms with Gasteiger partial charge < -0.3 is 0 Å². The Morgan fingerprint density at radius 2 is 2.00 bits per heavy atom. The smallest absolute Gasteiger partial charge is 0.131 e. The molecule has 0 aliphatic heterocycles. The van der Waals surface area contributed by atoms with Gasteiger partial charge in [0.05, 0.1) is 4.83 Å². The molecule has 1 unspecified atom stereocenters. The van der Waals surface area contributed by atoms with Crippen LogP contribution in [0.2, 0.25) is 0 Å². The molecule has 1 atom stereocenters. The molecule has 0 saturated carbocycles. The highest BCUT2D eigenvalue weighted by Crippen LogP contribution is 2.30. The van der Waals surface area contributed by atoms with Crippen LogP contribution in [-0.2, 0) is 6.42 Å². The van der Waals surface area contributed by atoms with Crippen molar-refractivity contribution in [2.24, 2.45) is 5.41 Å². The van der Waals surface area contributed by atoms with E-state index in [1.54, 1.807) is 11.3 Å². The number of nitrogens with zero attached hydrogens (tertiary/aromatic N) is 2. The molecule has 0 saturated heterocycles. The third-order valence-electron chi connectivity index (χ3n) is 1.79. The van der Waals surface area contributed by atoms with E-state index in [-0.39, 0.29) is 0 Å². The van der Waals surface area contributed by atoms with Gasteiger partial charge in [-0.15, -0.1) is 21.5 Å². The summed E-state index contributed by atoms with van der Waals surface area (Å²) < 4.78 is 0. The molecule has 0 aliphatic carbocycles. The molecule has 2 nitrogen and oxygen atoms in total. The summed E-state index contributed by atoms with van der Waals surface area (Å²) in [7, 11) is 0. The Kier molecular flexibility index (Phi) is 4.07. The number of hydrogen-bond acceptors (Lipinski definition) is 3. The summed E-state index contributed by atoms with van der Waals surface area (Å²) in [5, 5.41) is 10.6. The van der Waals surface area contributed by atoms with Crippen LogP contribution in [0.4, 0.5) is 0 Å². The monoisotopic (exact) mass is 276 g/mol. The van der Waals surface area contributed by atoms with E-state index in [1.807, 2.05) is 0 Å². The highest BCUT2D eigenvalue weighted by Gasteiger charge is 2.17. The van der Waals surface area contributed by atoms with Gasteiger partial charge in [0, 0.05) is 6.42 Å². The minimum absolute atomic E-state index is 0.296. The summed E-state index contributed by atoms with van der Waals surface area (Å²) in [6, 6.07) is 0. The van der Waals surface area contributed by atoms with Gasteiger partial charge in [-0.05, 0) is 11.8 Å². The molecule has 0 spiro atoms. The lowest BCUT2D eigenvalue weighted by Crippen LogP contribution is -2.08. The molecule has 14 heavy (non-hydrogen) atoms. The number of halogens is 1. The van der Waals surface area contributed by atoms with Crippen LogP contribution in [-0.4, -0.2) is 10.2 Å². The largest absolute Gasteiger partial charge is 0.143 e. The second-order valence-corrected chi connectivity index (χ2v) is 6.85. The van der Waals surface area contributed by atoms with E-state index in [0.29, 0.717) is 10.2 Å². The van der Waals surface area contributed by atoms with Crippen molar-refractivity contribution in [3.05, 3.63) is 10.0 Å². The minimum atomic E-state index is 0.296. The molecule has 1 rings (SSSR count). The minimum Gasteiger partial charge on any atom is -0.143 e. The SMILES string of the molecule is CCC(Br)c1nnc(CC(C)(C)C)s1. The Morgan fingerprint density at radius 3 is 2.50 bits per heavy atom. The molecule has 1 heterocycles. The topological polar surface area (TPSA) is 25.8 Å². The van der Waals surface area contributed by atoms with Crippen LogP contribution in [0.15, 0.2) is 0 Å². The van der Waals surface area contributed by atoms with Gasteiger partial charge in [-0.2, -0.15) is 0 Å². The van der Waals surface area contributed by atoms with E-state index < -0.39 is 0 Å². The zero-order chi connectivity index (χ0) is 10.8. The summed E-state index contributed by atoms with van der Waals surface area (Å²) >= 11 is 5.31. The predicted molar refractivity (Wildman–Crippen MR) is 65.0 cm³/mol. The van der Waals surface area contributed by atoms with E-state index in [4.69, 9.17) is 0 Å². The first kappa shape index (κ1) is 12.1. The lowest BCUT2D eigenvalue weighted by molar-refractivity contribution is 0.409. The van der Waals surface area contributed by atoms with Gasteiger partial charge >= 0.3 is 0 Å². The van der Waals surface area contributed by atoms with Crippen LogP contribution in [0.1, 0.15) is 49.0 Å². The average molecular weight is 277 g/mol. The van der Waals surface area contributed by atoms with Crippen molar-refractivity contribution in [1.29, 1.82) is 0 Å². The molecule has 0 radical (unpaired) electrons. The first-order valence-electron chi connectivity index (χ1n) is 4.88. The van der Waals surface area contributed by atoms with Gasteiger partial charge in [-0.3, -0.25) is 0 Å². The molecule has 0 amide bonds. The summed E-state index contributed by atoms with van der Waals surface area (Å²) in [5.41, 5.74) is 0.296. The molecular formula is C10H17BrN2S. The molecule has 0 aliphatic rings. The van der Waals surface area contributed by atoms with Crippen molar-refractivity contribution in [2.75, 3.05) is 0 Å². The fraction of sp³-hybridized carbons (Fsp3) is 0.800. The number of aromatic nitrogens is 2. The normalized spacial score (nSPS) is 14.4. The molecule has 80 valence electrons. The van der Waals surface area contributed by atoms with E-state index in [1.165, 1.54) is 0 Å². The van der Waals surface area contributed by atoms with Gasteiger partial charge in [-0.25, -0.2) is 0 Å². The highest BCUT2D eigenvalue weighted by molar-refractivity contribution is 9.09. The number of hydrogen-bond donors (Lipinski definition) is 0. The van der Waals surface area contributed by atoms with Gasteiger partial charge in [0.2, 0.25) is 0 Å². The number of alkyl halides is 1. The van der Waals surface area contributed by atoms with Crippen LogP contribution in [0.25, 0.3) is 0 Å². The fourth-order valence-electron chi connectivity index (χ4n) is 1.09. The zero-order valence-corrected chi connectivity index (χ0v) is 11.6. The summed E-state index contributed by atoms with van der Waals surface area (Å²) in [6.07, 6.45) is 2.07. The van der Waals surface area contributed by atoms with Gasteiger partial charge in [-0.1, -0.05) is 43.6 Å². The van der Waals surface area contributed by atoms with E-state index >= 15 is 0 Å². The van der Waals surface area contributed by atoms with Crippen molar-refractivity contribution in [3.8, 4) is 0 Å². The number of rotatable bonds is 3. The van der Waals surface area contributed by atoms with Crippen LogP contribution in [0.5, 0.6) is 0 Å². The Hall–Kier alpha value is 0.0400. The van der Waals surface area contributed by atoms with Crippen molar-refractivity contribution in [3.63, 3.8) is 0 Å². The summed E-state index contributed by atoms with van der Waals surface area (Å²) in [6.45, 7) is 8.81. The lowest BCUT2D eigenvalue weighted by Gasteiger charge is -2.14. The molecule has 0 N–H and O–H groups in total. The molecule has 0 fully saturated rings. The first-order valence-corrected chi connectivity index (χ1v) is 6.62. The van der Waals surface area contributed by atoms with Gasteiger partial charge in [0.15, 0.2) is 0 Å². The molecule has 4 heteroatoms. The molecule has 0 aromatic carbocycles. The lowest BCUT2D eigenvalue weighted by atomic mass is 9.93. The summed E-state index contributed by atoms with van der Waals surface area (Å²) in [4.78, 5) is 0.369. The van der Waals surface area contributed by atoms with E-state index in [2.05, 4.69) is 53.8 Å². The third kappa shape index (κ3) is 3.65. The Morgan fingerprint density at radius 1 is 1.36 bits per heavy atom. The maximum Gasteiger partial charge on any atom is 0.131 e. The second-order valence-electron chi connectivity index (χ2n) is 4.65. The maximum atomic E-state index is 4.21. The van der Waals surface area contributed by atoms with Crippen LogP contribution < -0.4 is 0 Å². The highest BCUT2D eigenvalue weighted by atomic mass is 79.9. The van der Waals surface area contributed by atoms with Crippen molar-refractivity contribution in [1.82, 2.24) is 10.2 Å². The Balaban J connectivity index is 2.69. The van der Waals surface area contributed by atoms with Gasteiger partial charge in [0.1, 0.15) is 10.0 Å². The molecule has 1 aromatic heterocycles. The van der Waals surface area contributed by atoms with Crippen LogP contribution >= 0.6 is 27.3 Å². The predicted octanol–water partition coefficient (Wildman–Crippen LogP) is 3.97. The second kappa shape index (κ2) is 4.71. The van der Waals surface area contributed by atoms with Crippen LogP contribution in [0, 0.1) is 5.41 Å². The average Bonchev–Trinajstić information content (AvgIpc) is 2.48. The van der Waals surface area contributed by atoms with Crippen LogP contribution in [0.3, 0.4) is 0 Å². The Labute approximate surface area is 98.3 Å².